The van der Waals surface area contributed by atoms with Crippen LogP contribution >= 0.6 is 0 Å². The maximum Gasteiger partial charge on any atom is 0.267 e. The standard InChI is InChI=1S/C15H20F2N2O2/c1-10(11-3-5-12(21-2)6-4-11)13(18)14(20)19-8-7-15(16,17)9-19/h3-6,10,13H,7-9,18H2,1-2H3/t10-,13-/m0/s1. The Morgan fingerprint density at radius 3 is 2.48 bits per heavy atom. The smallest absolute Gasteiger partial charge is 0.267 e. The largest absolute Gasteiger partial charge is 0.497 e. The molecule has 4 nitrogen and oxygen atoms in total. The highest BCUT2D eigenvalue weighted by molar-refractivity contribution is 5.83. The summed E-state index contributed by atoms with van der Waals surface area (Å²) in [6, 6.07) is 6.40. The maximum absolute atomic E-state index is 13.2. The molecule has 1 aliphatic rings. The Balaban J connectivity index is 2.04. The number of benzene rings is 1. The number of carbonyl (C=O) groups is 1. The van der Waals surface area contributed by atoms with Crippen LogP contribution in [-0.4, -0.2) is 43.0 Å². The van der Waals surface area contributed by atoms with Crippen molar-refractivity contribution >= 4 is 5.91 Å². The summed E-state index contributed by atoms with van der Waals surface area (Å²) < 4.78 is 31.4. The van der Waals surface area contributed by atoms with Gasteiger partial charge in [0, 0.05) is 18.9 Å². The molecule has 116 valence electrons. The van der Waals surface area contributed by atoms with E-state index in [4.69, 9.17) is 10.5 Å². The molecule has 2 N–H and O–H groups in total. The Morgan fingerprint density at radius 2 is 2.00 bits per heavy atom. The zero-order valence-electron chi connectivity index (χ0n) is 12.2. The highest BCUT2D eigenvalue weighted by atomic mass is 19.3. The van der Waals surface area contributed by atoms with Crippen LogP contribution in [0.5, 0.6) is 5.75 Å². The Labute approximate surface area is 122 Å². The lowest BCUT2D eigenvalue weighted by atomic mass is 9.93. The lowest BCUT2D eigenvalue weighted by molar-refractivity contribution is -0.133. The minimum absolute atomic E-state index is 0.0644. The zero-order chi connectivity index (χ0) is 15.6. The molecule has 0 unspecified atom stereocenters. The second-order valence-electron chi connectivity index (χ2n) is 5.45. The van der Waals surface area contributed by atoms with E-state index in [2.05, 4.69) is 0 Å². The van der Waals surface area contributed by atoms with E-state index in [-0.39, 0.29) is 18.9 Å². The molecule has 2 rings (SSSR count). The number of hydrogen-bond acceptors (Lipinski definition) is 3. The van der Waals surface area contributed by atoms with Crippen LogP contribution in [0.25, 0.3) is 0 Å². The van der Waals surface area contributed by atoms with E-state index in [1.54, 1.807) is 19.2 Å². The van der Waals surface area contributed by atoms with E-state index in [0.717, 1.165) is 10.5 Å². The van der Waals surface area contributed by atoms with Crippen LogP contribution in [0.3, 0.4) is 0 Å². The van der Waals surface area contributed by atoms with Crippen molar-refractivity contribution in [1.29, 1.82) is 0 Å². The van der Waals surface area contributed by atoms with Crippen LogP contribution in [0.1, 0.15) is 24.8 Å². The number of nitrogens with zero attached hydrogens (tertiary/aromatic N) is 1. The summed E-state index contributed by atoms with van der Waals surface area (Å²) in [5.41, 5.74) is 6.84. The van der Waals surface area contributed by atoms with Crippen LogP contribution in [0.2, 0.25) is 0 Å². The zero-order valence-corrected chi connectivity index (χ0v) is 12.2. The van der Waals surface area contributed by atoms with Crippen LogP contribution in [0.15, 0.2) is 24.3 Å². The fourth-order valence-corrected chi connectivity index (χ4v) is 2.46. The molecule has 2 atom stereocenters. The molecule has 1 aromatic rings. The first kappa shape index (κ1) is 15.7. The first-order chi connectivity index (χ1) is 9.84. The van der Waals surface area contributed by atoms with Crippen molar-refractivity contribution in [3.05, 3.63) is 29.8 Å². The second kappa shape index (κ2) is 5.97. The van der Waals surface area contributed by atoms with Crippen molar-refractivity contribution in [2.45, 2.75) is 31.2 Å². The number of hydrogen-bond donors (Lipinski definition) is 1. The molecule has 1 heterocycles. The molecule has 6 heteroatoms. The number of amides is 1. The van der Waals surface area contributed by atoms with Crippen molar-refractivity contribution in [2.75, 3.05) is 20.2 Å². The predicted octanol–water partition coefficient (Wildman–Crippen LogP) is 1.99. The van der Waals surface area contributed by atoms with Crippen molar-refractivity contribution in [3.63, 3.8) is 0 Å². The molecule has 0 aliphatic carbocycles. The van der Waals surface area contributed by atoms with Crippen LogP contribution < -0.4 is 10.5 Å². The van der Waals surface area contributed by atoms with Gasteiger partial charge >= 0.3 is 0 Å². The van der Waals surface area contributed by atoms with Gasteiger partial charge < -0.3 is 15.4 Å². The van der Waals surface area contributed by atoms with Gasteiger partial charge in [-0.3, -0.25) is 4.79 Å². The predicted molar refractivity (Wildman–Crippen MR) is 75.5 cm³/mol. The third-order valence-corrected chi connectivity index (χ3v) is 3.95. The average Bonchev–Trinajstić information content (AvgIpc) is 2.85. The van der Waals surface area contributed by atoms with Crippen molar-refractivity contribution < 1.29 is 18.3 Å². The van der Waals surface area contributed by atoms with Gasteiger partial charge in [-0.25, -0.2) is 8.78 Å². The first-order valence-corrected chi connectivity index (χ1v) is 6.90. The summed E-state index contributed by atoms with van der Waals surface area (Å²) in [6.07, 6.45) is -0.289. The number of methoxy groups -OCH3 is 1. The minimum Gasteiger partial charge on any atom is -0.497 e. The Bertz CT molecular complexity index is 505. The van der Waals surface area contributed by atoms with E-state index in [9.17, 15) is 13.6 Å². The molecule has 0 saturated carbocycles. The Kier molecular flexibility index (Phi) is 4.46. The Hall–Kier alpha value is -1.69. The highest BCUT2D eigenvalue weighted by Crippen LogP contribution is 2.29. The summed E-state index contributed by atoms with van der Waals surface area (Å²) in [4.78, 5) is 13.4. The van der Waals surface area contributed by atoms with Crippen molar-refractivity contribution in [2.24, 2.45) is 5.73 Å². The topological polar surface area (TPSA) is 55.6 Å². The van der Waals surface area contributed by atoms with Gasteiger partial charge in [0.15, 0.2) is 0 Å². The van der Waals surface area contributed by atoms with E-state index in [0.29, 0.717) is 5.75 Å². The molecule has 0 spiro atoms. The quantitative estimate of drug-likeness (QED) is 0.925. The minimum atomic E-state index is -2.79. The SMILES string of the molecule is COc1ccc([C@H](C)[C@H](N)C(=O)N2CCC(F)(F)C2)cc1. The van der Waals surface area contributed by atoms with Gasteiger partial charge in [-0.05, 0) is 17.7 Å². The van der Waals surface area contributed by atoms with Crippen molar-refractivity contribution in [3.8, 4) is 5.75 Å². The average molecular weight is 298 g/mol. The van der Waals surface area contributed by atoms with Gasteiger partial charge in [0.2, 0.25) is 5.91 Å². The van der Waals surface area contributed by atoms with Crippen LogP contribution in [0, 0.1) is 0 Å². The van der Waals surface area contributed by atoms with Gasteiger partial charge in [0.25, 0.3) is 5.92 Å². The second-order valence-corrected chi connectivity index (χ2v) is 5.45. The normalized spacial score (nSPS) is 20.1. The lowest BCUT2D eigenvalue weighted by Crippen LogP contribution is -2.46. The Morgan fingerprint density at radius 1 is 1.38 bits per heavy atom. The number of halogens is 2. The number of carbonyl (C=O) groups excluding carboxylic acids is 1. The summed E-state index contributed by atoms with van der Waals surface area (Å²) in [5.74, 6) is -2.75. The molecular formula is C15H20F2N2O2. The number of ether oxygens (including phenoxy) is 1. The van der Waals surface area contributed by atoms with Gasteiger partial charge in [-0.15, -0.1) is 0 Å². The summed E-state index contributed by atoms with van der Waals surface area (Å²) in [7, 11) is 1.57. The fraction of sp³-hybridized carbons (Fsp3) is 0.533. The molecule has 1 amide bonds. The van der Waals surface area contributed by atoms with Gasteiger partial charge in [0.05, 0.1) is 19.7 Å². The number of nitrogens with two attached hydrogens (primary N) is 1. The van der Waals surface area contributed by atoms with E-state index >= 15 is 0 Å². The first-order valence-electron chi connectivity index (χ1n) is 6.90. The summed E-state index contributed by atoms with van der Waals surface area (Å²) in [6.45, 7) is 1.35. The molecule has 0 aromatic heterocycles. The third kappa shape index (κ3) is 3.50. The lowest BCUT2D eigenvalue weighted by Gasteiger charge is -2.25. The van der Waals surface area contributed by atoms with E-state index in [1.807, 2.05) is 19.1 Å². The van der Waals surface area contributed by atoms with Gasteiger partial charge in [-0.1, -0.05) is 19.1 Å². The number of rotatable bonds is 4. The molecule has 1 aliphatic heterocycles. The monoisotopic (exact) mass is 298 g/mol. The fourth-order valence-electron chi connectivity index (χ4n) is 2.46. The molecule has 21 heavy (non-hydrogen) atoms. The summed E-state index contributed by atoms with van der Waals surface area (Å²) >= 11 is 0. The molecular weight excluding hydrogens is 278 g/mol. The van der Waals surface area contributed by atoms with Gasteiger partial charge in [0.1, 0.15) is 5.75 Å². The third-order valence-electron chi connectivity index (χ3n) is 3.95. The van der Waals surface area contributed by atoms with Crippen LogP contribution in [-0.2, 0) is 4.79 Å². The molecule has 1 saturated heterocycles. The van der Waals surface area contributed by atoms with E-state index in [1.165, 1.54) is 0 Å². The summed E-state index contributed by atoms with van der Waals surface area (Å²) in [5, 5.41) is 0. The van der Waals surface area contributed by atoms with E-state index < -0.39 is 24.4 Å². The van der Waals surface area contributed by atoms with Crippen molar-refractivity contribution in [1.82, 2.24) is 4.90 Å². The number of alkyl halides is 2. The molecule has 1 fully saturated rings. The molecule has 0 bridgehead atoms. The highest BCUT2D eigenvalue weighted by Gasteiger charge is 2.42. The van der Waals surface area contributed by atoms with Gasteiger partial charge in [-0.2, -0.15) is 0 Å². The van der Waals surface area contributed by atoms with Crippen LogP contribution in [0.4, 0.5) is 8.78 Å². The molecule has 0 radical (unpaired) electrons. The molecule has 1 aromatic carbocycles. The maximum atomic E-state index is 13.2. The number of likely N-dealkylation sites (tertiary alicyclic amines) is 1.